The number of carboxylic acid groups (broad SMARTS) is 1. The van der Waals surface area contributed by atoms with E-state index in [9.17, 15) is 9.90 Å². The fourth-order valence-electron chi connectivity index (χ4n) is 3.07. The molecule has 0 saturated carbocycles. The van der Waals surface area contributed by atoms with Crippen molar-refractivity contribution in [1.29, 1.82) is 0 Å². The van der Waals surface area contributed by atoms with Gasteiger partial charge in [-0.05, 0) is 66.5 Å². The molecular formula is C16H18BrNO2S2. The Morgan fingerprint density at radius 2 is 2.00 bits per heavy atom. The number of halogens is 1. The van der Waals surface area contributed by atoms with Crippen LogP contribution in [0.2, 0.25) is 0 Å². The Bertz CT molecular complexity index is 626. The Morgan fingerprint density at radius 3 is 2.59 bits per heavy atom. The van der Waals surface area contributed by atoms with Crippen molar-refractivity contribution < 1.29 is 9.90 Å². The molecule has 2 aromatic heterocycles. The van der Waals surface area contributed by atoms with Gasteiger partial charge >= 0.3 is 5.97 Å². The highest BCUT2D eigenvalue weighted by Gasteiger charge is 2.36. The van der Waals surface area contributed by atoms with E-state index >= 15 is 0 Å². The molecular weight excluding hydrogens is 382 g/mol. The summed E-state index contributed by atoms with van der Waals surface area (Å²) in [5.74, 6) is -0.700. The van der Waals surface area contributed by atoms with Crippen LogP contribution in [0.15, 0.2) is 28.1 Å². The van der Waals surface area contributed by atoms with Crippen LogP contribution in [0.3, 0.4) is 0 Å². The molecule has 1 N–H and O–H groups in total. The standard InChI is InChI=1S/C16H18BrNO2S2/c1-10-5-6-12(21-10)15(13-7-8-14(17)22-13)18-9-3-2-4-11(18)16(19)20/h5-8,11,15H,2-4,9H2,1H3,(H,19,20). The van der Waals surface area contributed by atoms with Crippen LogP contribution in [-0.2, 0) is 4.79 Å². The Balaban J connectivity index is 2.02. The molecule has 3 nitrogen and oxygen atoms in total. The third kappa shape index (κ3) is 3.30. The van der Waals surface area contributed by atoms with Crippen molar-refractivity contribution in [2.45, 2.75) is 38.3 Å². The number of likely N-dealkylation sites (tertiary alicyclic amines) is 1. The van der Waals surface area contributed by atoms with Gasteiger partial charge in [-0.15, -0.1) is 22.7 Å². The van der Waals surface area contributed by atoms with E-state index in [2.05, 4.69) is 46.0 Å². The maximum atomic E-state index is 11.7. The van der Waals surface area contributed by atoms with Gasteiger partial charge in [-0.3, -0.25) is 9.69 Å². The van der Waals surface area contributed by atoms with Crippen LogP contribution in [0, 0.1) is 6.92 Å². The minimum atomic E-state index is -0.700. The topological polar surface area (TPSA) is 40.5 Å². The smallest absolute Gasteiger partial charge is 0.320 e. The maximum absolute atomic E-state index is 11.7. The number of hydrogen-bond donors (Lipinski definition) is 1. The number of carbonyl (C=O) groups is 1. The van der Waals surface area contributed by atoms with Crippen LogP contribution in [0.5, 0.6) is 0 Å². The molecule has 0 spiro atoms. The van der Waals surface area contributed by atoms with Gasteiger partial charge in [0.1, 0.15) is 6.04 Å². The number of aliphatic carboxylic acids is 1. The maximum Gasteiger partial charge on any atom is 0.320 e. The molecule has 1 aliphatic heterocycles. The quantitative estimate of drug-likeness (QED) is 0.793. The van der Waals surface area contributed by atoms with Crippen molar-refractivity contribution in [2.75, 3.05) is 6.54 Å². The normalized spacial score (nSPS) is 20.9. The van der Waals surface area contributed by atoms with Crippen LogP contribution < -0.4 is 0 Å². The van der Waals surface area contributed by atoms with Gasteiger partial charge in [0.25, 0.3) is 0 Å². The number of hydrogen-bond acceptors (Lipinski definition) is 4. The van der Waals surface area contributed by atoms with Gasteiger partial charge in [0, 0.05) is 14.6 Å². The number of piperidine rings is 1. The van der Waals surface area contributed by atoms with E-state index in [1.165, 1.54) is 14.6 Å². The minimum Gasteiger partial charge on any atom is -0.480 e. The van der Waals surface area contributed by atoms with Crippen LogP contribution in [0.25, 0.3) is 0 Å². The summed E-state index contributed by atoms with van der Waals surface area (Å²) >= 11 is 6.99. The Morgan fingerprint density at radius 1 is 1.27 bits per heavy atom. The molecule has 0 aliphatic carbocycles. The lowest BCUT2D eigenvalue weighted by atomic mass is 9.98. The first-order valence-corrected chi connectivity index (χ1v) is 9.79. The Hall–Kier alpha value is -0.690. The predicted octanol–water partition coefficient (Wildman–Crippen LogP) is 4.91. The average Bonchev–Trinajstić information content (AvgIpc) is 3.09. The second-order valence-electron chi connectivity index (χ2n) is 5.58. The number of thiophene rings is 2. The first-order chi connectivity index (χ1) is 10.6. The summed E-state index contributed by atoms with van der Waals surface area (Å²) in [4.78, 5) is 17.6. The molecule has 118 valence electrons. The van der Waals surface area contributed by atoms with Gasteiger partial charge in [-0.2, -0.15) is 0 Å². The lowest BCUT2D eigenvalue weighted by Crippen LogP contribution is -2.46. The minimum absolute atomic E-state index is 0.0522. The molecule has 3 rings (SSSR count). The largest absolute Gasteiger partial charge is 0.480 e. The van der Waals surface area contributed by atoms with E-state index in [0.717, 1.165) is 29.6 Å². The predicted molar refractivity (Wildman–Crippen MR) is 94.9 cm³/mol. The lowest BCUT2D eigenvalue weighted by molar-refractivity contribution is -0.145. The van der Waals surface area contributed by atoms with Gasteiger partial charge in [0.2, 0.25) is 0 Å². The average molecular weight is 400 g/mol. The van der Waals surface area contributed by atoms with Gasteiger partial charge in [-0.25, -0.2) is 0 Å². The zero-order valence-electron chi connectivity index (χ0n) is 12.3. The first kappa shape index (κ1) is 16.2. The summed E-state index contributed by atoms with van der Waals surface area (Å²) in [7, 11) is 0. The van der Waals surface area contributed by atoms with Crippen molar-refractivity contribution in [3.8, 4) is 0 Å². The van der Waals surface area contributed by atoms with Gasteiger partial charge in [0.15, 0.2) is 0 Å². The molecule has 2 aromatic rings. The molecule has 1 saturated heterocycles. The van der Waals surface area contributed by atoms with E-state index in [-0.39, 0.29) is 12.1 Å². The molecule has 22 heavy (non-hydrogen) atoms. The second kappa shape index (κ2) is 6.83. The van der Waals surface area contributed by atoms with Gasteiger partial charge < -0.3 is 5.11 Å². The summed E-state index contributed by atoms with van der Waals surface area (Å²) in [5, 5.41) is 9.62. The number of carboxylic acids is 1. The van der Waals surface area contributed by atoms with E-state index in [1.54, 1.807) is 22.7 Å². The lowest BCUT2D eigenvalue weighted by Gasteiger charge is -2.38. The van der Waals surface area contributed by atoms with Crippen molar-refractivity contribution in [1.82, 2.24) is 4.90 Å². The molecule has 3 heterocycles. The van der Waals surface area contributed by atoms with E-state index in [1.807, 2.05) is 6.07 Å². The molecule has 2 unspecified atom stereocenters. The molecule has 2 atom stereocenters. The van der Waals surface area contributed by atoms with E-state index in [0.29, 0.717) is 0 Å². The molecule has 0 aromatic carbocycles. The van der Waals surface area contributed by atoms with Crippen LogP contribution in [-0.4, -0.2) is 28.6 Å². The van der Waals surface area contributed by atoms with Crippen LogP contribution in [0.1, 0.15) is 39.9 Å². The Labute approximate surface area is 146 Å². The SMILES string of the molecule is Cc1ccc(C(c2ccc(Br)s2)N2CCCCC2C(=O)O)s1. The van der Waals surface area contributed by atoms with Crippen LogP contribution in [0.4, 0.5) is 0 Å². The monoisotopic (exact) mass is 399 g/mol. The van der Waals surface area contributed by atoms with E-state index in [4.69, 9.17) is 0 Å². The number of nitrogens with zero attached hydrogens (tertiary/aromatic N) is 1. The zero-order chi connectivity index (χ0) is 15.7. The van der Waals surface area contributed by atoms with Crippen molar-refractivity contribution in [2.24, 2.45) is 0 Å². The summed E-state index contributed by atoms with van der Waals surface area (Å²) in [5.41, 5.74) is 0. The molecule has 0 radical (unpaired) electrons. The number of aryl methyl sites for hydroxylation is 1. The van der Waals surface area contributed by atoms with Gasteiger partial charge in [0.05, 0.1) is 9.83 Å². The van der Waals surface area contributed by atoms with Crippen molar-refractivity contribution in [3.05, 3.63) is 42.7 Å². The molecule has 1 aliphatic rings. The third-order valence-corrected chi connectivity index (χ3v) is 6.78. The van der Waals surface area contributed by atoms with Crippen LogP contribution >= 0.6 is 38.6 Å². The fourth-order valence-corrected chi connectivity index (χ4v) is 5.73. The molecule has 0 amide bonds. The van der Waals surface area contributed by atoms with Crippen molar-refractivity contribution in [3.63, 3.8) is 0 Å². The number of rotatable bonds is 4. The van der Waals surface area contributed by atoms with E-state index < -0.39 is 5.97 Å². The molecule has 1 fully saturated rings. The van der Waals surface area contributed by atoms with Gasteiger partial charge in [-0.1, -0.05) is 6.42 Å². The van der Waals surface area contributed by atoms with Crippen molar-refractivity contribution >= 4 is 44.6 Å². The highest BCUT2D eigenvalue weighted by atomic mass is 79.9. The summed E-state index contributed by atoms with van der Waals surface area (Å²) in [6.45, 7) is 2.94. The summed E-state index contributed by atoms with van der Waals surface area (Å²) < 4.78 is 1.09. The summed E-state index contributed by atoms with van der Waals surface area (Å²) in [6, 6.07) is 8.09. The fraction of sp³-hybridized carbons (Fsp3) is 0.438. The molecule has 6 heteroatoms. The highest BCUT2D eigenvalue weighted by molar-refractivity contribution is 9.11. The zero-order valence-corrected chi connectivity index (χ0v) is 15.5. The second-order valence-corrected chi connectivity index (χ2v) is 9.39. The summed E-state index contributed by atoms with van der Waals surface area (Å²) in [6.07, 6.45) is 2.80. The highest BCUT2D eigenvalue weighted by Crippen LogP contribution is 2.40. The third-order valence-electron chi connectivity index (χ3n) is 4.06. The first-order valence-electron chi connectivity index (χ1n) is 7.36. The Kier molecular flexibility index (Phi) is 5.02. The molecule has 0 bridgehead atoms.